The molecular formula is C28H25FO6S2. The van der Waals surface area contributed by atoms with Crippen LogP contribution in [0.1, 0.15) is 31.2 Å². The van der Waals surface area contributed by atoms with E-state index in [0.29, 0.717) is 5.56 Å². The Hall–Kier alpha value is -3.30. The van der Waals surface area contributed by atoms with E-state index in [9.17, 15) is 26.0 Å². The molecule has 0 amide bonds. The maximum absolute atomic E-state index is 14.3. The Bertz CT molecular complexity index is 1600. The zero-order chi connectivity index (χ0) is 26.5. The standard InChI is InChI=1S/C28H25FO6S2/c1-2-35-26(30)27-17-24(20-10-9-11-21(29)16-20)25(36(31,32)22-12-5-3-6-13-22)18-28(27,19-27)37(33,34)23-14-7-4-8-15-23/h3-16,18,24H,2,17,19H2,1H3/t24-,27-,28-/m1/s1. The van der Waals surface area contributed by atoms with Crippen LogP contribution in [-0.2, 0) is 29.2 Å². The van der Waals surface area contributed by atoms with E-state index in [0.717, 1.165) is 0 Å². The average Bonchev–Trinajstić information content (AvgIpc) is 3.61. The van der Waals surface area contributed by atoms with E-state index in [1.54, 1.807) is 49.4 Å². The lowest BCUT2D eigenvalue weighted by molar-refractivity contribution is -0.150. The molecule has 192 valence electrons. The molecule has 3 atom stereocenters. The van der Waals surface area contributed by atoms with Gasteiger partial charge in [-0.15, -0.1) is 0 Å². The topological polar surface area (TPSA) is 94.6 Å². The fourth-order valence-corrected chi connectivity index (χ4v) is 9.61. The van der Waals surface area contributed by atoms with Crippen molar-refractivity contribution in [3.63, 3.8) is 0 Å². The van der Waals surface area contributed by atoms with Crippen LogP contribution in [0.4, 0.5) is 4.39 Å². The van der Waals surface area contributed by atoms with Gasteiger partial charge in [0.05, 0.1) is 26.7 Å². The van der Waals surface area contributed by atoms with E-state index in [1.165, 1.54) is 48.5 Å². The third-order valence-corrected chi connectivity index (χ3v) is 11.8. The maximum atomic E-state index is 14.3. The number of halogens is 1. The van der Waals surface area contributed by atoms with Crippen molar-refractivity contribution >= 4 is 25.6 Å². The van der Waals surface area contributed by atoms with Gasteiger partial charge in [-0.1, -0.05) is 48.5 Å². The van der Waals surface area contributed by atoms with E-state index in [2.05, 4.69) is 0 Å². The summed E-state index contributed by atoms with van der Waals surface area (Å²) in [5.41, 5.74) is -1.17. The van der Waals surface area contributed by atoms with Gasteiger partial charge in [-0.2, -0.15) is 0 Å². The van der Waals surface area contributed by atoms with Crippen LogP contribution in [0.3, 0.4) is 0 Å². The van der Waals surface area contributed by atoms with E-state index in [-0.39, 0.29) is 34.1 Å². The van der Waals surface area contributed by atoms with Gasteiger partial charge < -0.3 is 4.74 Å². The number of allylic oxidation sites excluding steroid dienone is 1. The van der Waals surface area contributed by atoms with Crippen LogP contribution in [0.15, 0.2) is 106 Å². The molecule has 1 saturated carbocycles. The SMILES string of the molecule is CCOC(=O)[C@]12C[C@H](c3cccc(F)c3)C(S(=O)(=O)c3ccccc3)=C[C@@]1(S(=O)(=O)c1ccccc1)C2. The lowest BCUT2D eigenvalue weighted by atomic mass is 9.81. The predicted octanol–water partition coefficient (Wildman–Crippen LogP) is 4.84. The minimum atomic E-state index is -4.21. The number of fused-ring (bicyclic) bond motifs is 1. The molecule has 0 spiro atoms. The molecule has 2 aliphatic rings. The Labute approximate surface area is 215 Å². The van der Waals surface area contributed by atoms with E-state index in [1.807, 2.05) is 0 Å². The molecule has 3 aromatic rings. The van der Waals surface area contributed by atoms with E-state index >= 15 is 0 Å². The molecule has 0 N–H and O–H groups in total. The van der Waals surface area contributed by atoms with Gasteiger partial charge in [-0.3, -0.25) is 4.79 Å². The van der Waals surface area contributed by atoms with Crippen LogP contribution in [0, 0.1) is 11.2 Å². The van der Waals surface area contributed by atoms with Crippen LogP contribution in [0.2, 0.25) is 0 Å². The van der Waals surface area contributed by atoms with E-state index < -0.39 is 47.5 Å². The largest absolute Gasteiger partial charge is 0.466 e. The van der Waals surface area contributed by atoms with Crippen LogP contribution < -0.4 is 0 Å². The minimum Gasteiger partial charge on any atom is -0.466 e. The van der Waals surface area contributed by atoms with Gasteiger partial charge in [-0.25, -0.2) is 21.2 Å². The summed E-state index contributed by atoms with van der Waals surface area (Å²) in [6.45, 7) is 1.66. The molecule has 0 aliphatic heterocycles. The molecule has 0 saturated heterocycles. The number of hydrogen-bond acceptors (Lipinski definition) is 6. The molecule has 0 heterocycles. The first-order valence-corrected chi connectivity index (χ1v) is 14.8. The second-order valence-corrected chi connectivity index (χ2v) is 13.5. The van der Waals surface area contributed by atoms with Crippen LogP contribution in [0.25, 0.3) is 0 Å². The summed E-state index contributed by atoms with van der Waals surface area (Å²) in [7, 11) is -8.42. The van der Waals surface area contributed by atoms with Gasteiger partial charge in [0.25, 0.3) is 0 Å². The first-order valence-electron chi connectivity index (χ1n) is 11.8. The van der Waals surface area contributed by atoms with Crippen molar-refractivity contribution in [1.29, 1.82) is 0 Å². The number of carbonyl (C=O) groups is 1. The third kappa shape index (κ3) is 3.83. The molecule has 0 aromatic heterocycles. The quantitative estimate of drug-likeness (QED) is 0.398. The van der Waals surface area contributed by atoms with Crippen molar-refractivity contribution in [2.75, 3.05) is 6.61 Å². The summed E-state index contributed by atoms with van der Waals surface area (Å²) >= 11 is 0. The summed E-state index contributed by atoms with van der Waals surface area (Å²) in [5, 5.41) is 0. The molecule has 0 unspecified atom stereocenters. The highest BCUT2D eigenvalue weighted by Crippen LogP contribution is 2.72. The smallest absolute Gasteiger partial charge is 0.314 e. The normalized spacial score (nSPS) is 25.0. The predicted molar refractivity (Wildman–Crippen MR) is 136 cm³/mol. The van der Waals surface area contributed by atoms with Gasteiger partial charge in [0.2, 0.25) is 9.84 Å². The van der Waals surface area contributed by atoms with Crippen LogP contribution in [0.5, 0.6) is 0 Å². The fraction of sp³-hybridized carbons (Fsp3) is 0.250. The zero-order valence-corrected chi connectivity index (χ0v) is 21.6. The van der Waals surface area contributed by atoms with Crippen LogP contribution in [-0.4, -0.2) is 34.2 Å². The molecule has 2 aliphatic carbocycles. The number of esters is 1. The molecule has 6 nitrogen and oxygen atoms in total. The Morgan fingerprint density at radius 3 is 2.14 bits per heavy atom. The van der Waals surface area contributed by atoms with Gasteiger partial charge in [0.15, 0.2) is 9.84 Å². The Kier molecular flexibility index (Phi) is 6.11. The molecule has 0 radical (unpaired) electrons. The second-order valence-electron chi connectivity index (χ2n) is 9.36. The van der Waals surface area contributed by atoms with Crippen molar-refractivity contribution in [3.05, 3.63) is 107 Å². The van der Waals surface area contributed by atoms with Crippen molar-refractivity contribution in [2.24, 2.45) is 5.41 Å². The lowest BCUT2D eigenvalue weighted by Gasteiger charge is -2.33. The summed E-state index contributed by atoms with van der Waals surface area (Å²) in [6.07, 6.45) is 0.947. The first kappa shape index (κ1) is 25.4. The van der Waals surface area contributed by atoms with Crippen molar-refractivity contribution in [1.82, 2.24) is 0 Å². The summed E-state index contributed by atoms with van der Waals surface area (Å²) < 4.78 is 73.8. The maximum Gasteiger partial charge on any atom is 0.314 e. The number of hydrogen-bond donors (Lipinski definition) is 0. The van der Waals surface area contributed by atoms with Gasteiger partial charge in [0, 0.05) is 5.92 Å². The first-order chi connectivity index (χ1) is 17.6. The monoisotopic (exact) mass is 540 g/mol. The number of ether oxygens (including phenoxy) is 1. The molecule has 1 fully saturated rings. The molecule has 3 aromatic carbocycles. The van der Waals surface area contributed by atoms with Crippen molar-refractivity contribution in [2.45, 2.75) is 40.2 Å². The number of sulfone groups is 2. The molecule has 5 rings (SSSR count). The average molecular weight is 541 g/mol. The summed E-state index contributed by atoms with van der Waals surface area (Å²) in [4.78, 5) is 13.2. The fourth-order valence-electron chi connectivity index (χ4n) is 5.46. The minimum absolute atomic E-state index is 0.0146. The molecule has 9 heteroatoms. The highest BCUT2D eigenvalue weighted by atomic mass is 32.2. The Morgan fingerprint density at radius 2 is 1.54 bits per heavy atom. The van der Waals surface area contributed by atoms with E-state index in [4.69, 9.17) is 4.74 Å². The summed E-state index contributed by atoms with van der Waals surface area (Å²) in [6, 6.07) is 20.9. The number of benzene rings is 3. The zero-order valence-electron chi connectivity index (χ0n) is 20.0. The van der Waals surface area contributed by atoms with Gasteiger partial charge in [0.1, 0.15) is 10.6 Å². The van der Waals surface area contributed by atoms with Crippen molar-refractivity contribution < 1.29 is 30.8 Å². The number of carbonyl (C=O) groups excluding carboxylic acids is 1. The highest BCUT2D eigenvalue weighted by molar-refractivity contribution is 7.95. The number of rotatable bonds is 7. The summed E-state index contributed by atoms with van der Waals surface area (Å²) in [5.74, 6) is -2.22. The molecular weight excluding hydrogens is 515 g/mol. The molecule has 37 heavy (non-hydrogen) atoms. The van der Waals surface area contributed by atoms with Gasteiger partial charge in [-0.05, 0) is 67.8 Å². The third-order valence-electron chi connectivity index (χ3n) is 7.33. The second kappa shape index (κ2) is 8.92. The lowest BCUT2D eigenvalue weighted by Crippen LogP contribution is -2.40. The Balaban J connectivity index is 1.79. The van der Waals surface area contributed by atoms with Gasteiger partial charge >= 0.3 is 5.97 Å². The Morgan fingerprint density at radius 1 is 0.919 bits per heavy atom. The molecule has 0 bridgehead atoms. The van der Waals surface area contributed by atoms with Crippen LogP contribution >= 0.6 is 0 Å². The highest BCUT2D eigenvalue weighted by Gasteiger charge is 2.80. The van der Waals surface area contributed by atoms with Crippen molar-refractivity contribution in [3.8, 4) is 0 Å².